The van der Waals surface area contributed by atoms with Crippen LogP contribution < -0.4 is 10.1 Å². The van der Waals surface area contributed by atoms with Crippen LogP contribution in [0, 0.1) is 6.92 Å². The number of aromatic nitrogens is 2. The van der Waals surface area contributed by atoms with Crippen molar-refractivity contribution in [2.75, 3.05) is 7.05 Å². The molecule has 1 N–H and O–H groups in total. The molecule has 0 fully saturated rings. The second-order valence-corrected chi connectivity index (χ2v) is 3.81. The van der Waals surface area contributed by atoms with E-state index in [2.05, 4.69) is 15.5 Å². The van der Waals surface area contributed by atoms with Gasteiger partial charge in [-0.05, 0) is 37.7 Å². The number of rotatable bonds is 4. The van der Waals surface area contributed by atoms with E-state index in [9.17, 15) is 0 Å². The van der Waals surface area contributed by atoms with Gasteiger partial charge in [-0.15, -0.1) is 5.10 Å². The molecule has 0 unspecified atom stereocenters. The lowest BCUT2D eigenvalue weighted by atomic mass is 10.2. The van der Waals surface area contributed by atoms with Gasteiger partial charge < -0.3 is 10.1 Å². The Hall–Kier alpha value is -1.94. The summed E-state index contributed by atoms with van der Waals surface area (Å²) in [5.41, 5.74) is 2.05. The van der Waals surface area contributed by atoms with Gasteiger partial charge in [-0.3, -0.25) is 0 Å². The van der Waals surface area contributed by atoms with Crippen LogP contribution in [0.1, 0.15) is 11.3 Å². The van der Waals surface area contributed by atoms with E-state index in [0.717, 1.165) is 17.0 Å². The van der Waals surface area contributed by atoms with Crippen LogP contribution in [-0.2, 0) is 6.54 Å². The molecule has 0 radical (unpaired) electrons. The summed E-state index contributed by atoms with van der Waals surface area (Å²) >= 11 is 0. The van der Waals surface area contributed by atoms with Crippen LogP contribution in [0.25, 0.3) is 0 Å². The van der Waals surface area contributed by atoms with Gasteiger partial charge in [-0.2, -0.15) is 5.10 Å². The van der Waals surface area contributed by atoms with E-state index < -0.39 is 0 Å². The van der Waals surface area contributed by atoms with Gasteiger partial charge >= 0.3 is 0 Å². The van der Waals surface area contributed by atoms with Crippen LogP contribution in [0.2, 0.25) is 0 Å². The normalized spacial score (nSPS) is 10.2. The van der Waals surface area contributed by atoms with Crippen molar-refractivity contribution in [3.63, 3.8) is 0 Å². The number of nitrogens with zero attached hydrogens (tertiary/aromatic N) is 2. The summed E-state index contributed by atoms with van der Waals surface area (Å²) in [5.74, 6) is 1.29. The van der Waals surface area contributed by atoms with Gasteiger partial charge in [0.25, 0.3) is 0 Å². The first-order valence-corrected chi connectivity index (χ1v) is 5.49. The van der Waals surface area contributed by atoms with Gasteiger partial charge in [-0.1, -0.05) is 12.1 Å². The highest BCUT2D eigenvalue weighted by Gasteiger charge is 2.00. The van der Waals surface area contributed by atoms with E-state index in [1.165, 1.54) is 0 Å². The number of nitrogens with one attached hydrogen (secondary N) is 1. The Morgan fingerprint density at radius 1 is 1.18 bits per heavy atom. The molecule has 2 aromatic rings. The third-order valence-electron chi connectivity index (χ3n) is 2.27. The van der Waals surface area contributed by atoms with Gasteiger partial charge in [0.1, 0.15) is 5.75 Å². The minimum absolute atomic E-state index is 0.510. The van der Waals surface area contributed by atoms with E-state index in [1.807, 2.05) is 50.4 Å². The predicted octanol–water partition coefficient (Wildman–Crippen LogP) is 2.30. The third kappa shape index (κ3) is 3.26. The average Bonchev–Trinajstić information content (AvgIpc) is 2.32. The third-order valence-corrected chi connectivity index (χ3v) is 2.27. The minimum Gasteiger partial charge on any atom is -0.438 e. The van der Waals surface area contributed by atoms with E-state index >= 15 is 0 Å². The molecule has 0 spiro atoms. The van der Waals surface area contributed by atoms with Gasteiger partial charge in [0.05, 0.1) is 5.69 Å². The lowest BCUT2D eigenvalue weighted by Crippen LogP contribution is -2.07. The van der Waals surface area contributed by atoms with Crippen molar-refractivity contribution in [3.8, 4) is 11.6 Å². The smallest absolute Gasteiger partial charge is 0.238 e. The fourth-order valence-electron chi connectivity index (χ4n) is 1.48. The Bertz CT molecular complexity index is 482. The van der Waals surface area contributed by atoms with E-state index in [1.54, 1.807) is 0 Å². The molecule has 0 atom stereocenters. The second-order valence-electron chi connectivity index (χ2n) is 3.81. The molecule has 2 rings (SSSR count). The Morgan fingerprint density at radius 2 is 2.06 bits per heavy atom. The average molecular weight is 229 g/mol. The Balaban J connectivity index is 2.08. The van der Waals surface area contributed by atoms with Crippen LogP contribution in [-0.4, -0.2) is 17.2 Å². The van der Waals surface area contributed by atoms with Gasteiger partial charge in [-0.25, -0.2) is 0 Å². The van der Waals surface area contributed by atoms with Crippen molar-refractivity contribution in [2.24, 2.45) is 0 Å². The monoisotopic (exact) mass is 229 g/mol. The lowest BCUT2D eigenvalue weighted by Gasteiger charge is -2.05. The quantitative estimate of drug-likeness (QED) is 0.873. The molecule has 0 aliphatic rings. The van der Waals surface area contributed by atoms with E-state index in [0.29, 0.717) is 12.4 Å². The molecule has 0 aliphatic carbocycles. The van der Waals surface area contributed by atoms with Crippen molar-refractivity contribution in [3.05, 3.63) is 47.7 Å². The lowest BCUT2D eigenvalue weighted by molar-refractivity contribution is 0.453. The van der Waals surface area contributed by atoms with Gasteiger partial charge in [0.15, 0.2) is 0 Å². The van der Waals surface area contributed by atoms with E-state index in [4.69, 9.17) is 4.74 Å². The molecule has 0 saturated heterocycles. The maximum Gasteiger partial charge on any atom is 0.238 e. The Morgan fingerprint density at radius 3 is 2.71 bits per heavy atom. The number of benzene rings is 1. The van der Waals surface area contributed by atoms with Crippen LogP contribution >= 0.6 is 0 Å². The number of hydrogen-bond acceptors (Lipinski definition) is 4. The molecule has 1 heterocycles. The minimum atomic E-state index is 0.510. The molecule has 17 heavy (non-hydrogen) atoms. The molecule has 0 bridgehead atoms. The standard InChI is InChI=1S/C13H15N3O/c1-10-4-3-5-12(8-10)17-13-7-6-11(9-14-2)15-16-13/h3-8,14H,9H2,1-2H3. The van der Waals surface area contributed by atoms with Crippen LogP contribution in [0.5, 0.6) is 11.6 Å². The molecule has 1 aromatic heterocycles. The van der Waals surface area contributed by atoms with Gasteiger partial charge in [0.2, 0.25) is 5.88 Å². The largest absolute Gasteiger partial charge is 0.438 e. The number of aryl methyl sites for hydroxylation is 1. The highest BCUT2D eigenvalue weighted by Crippen LogP contribution is 2.19. The summed E-state index contributed by atoms with van der Waals surface area (Å²) in [6.45, 7) is 2.73. The summed E-state index contributed by atoms with van der Waals surface area (Å²) in [5, 5.41) is 11.1. The summed E-state index contributed by atoms with van der Waals surface area (Å²) < 4.78 is 5.60. The zero-order chi connectivity index (χ0) is 12.1. The number of ether oxygens (including phenoxy) is 1. The molecule has 4 nitrogen and oxygen atoms in total. The van der Waals surface area contributed by atoms with Crippen LogP contribution in [0.15, 0.2) is 36.4 Å². The summed E-state index contributed by atoms with van der Waals surface area (Å²) in [6.07, 6.45) is 0. The fraction of sp³-hybridized carbons (Fsp3) is 0.231. The van der Waals surface area contributed by atoms with Crippen molar-refractivity contribution >= 4 is 0 Å². The molecule has 0 amide bonds. The van der Waals surface area contributed by atoms with Crippen LogP contribution in [0.3, 0.4) is 0 Å². The Kier molecular flexibility index (Phi) is 3.67. The predicted molar refractivity (Wildman–Crippen MR) is 66.0 cm³/mol. The molecular formula is C13H15N3O. The van der Waals surface area contributed by atoms with Gasteiger partial charge in [0, 0.05) is 12.6 Å². The first-order chi connectivity index (χ1) is 8.28. The summed E-state index contributed by atoms with van der Waals surface area (Å²) in [7, 11) is 1.87. The molecule has 0 aliphatic heterocycles. The van der Waals surface area contributed by atoms with Crippen molar-refractivity contribution in [2.45, 2.75) is 13.5 Å². The van der Waals surface area contributed by atoms with Crippen molar-refractivity contribution in [1.29, 1.82) is 0 Å². The SMILES string of the molecule is CNCc1ccc(Oc2cccc(C)c2)nn1. The number of hydrogen-bond donors (Lipinski definition) is 1. The maximum atomic E-state index is 5.60. The first-order valence-electron chi connectivity index (χ1n) is 5.49. The second kappa shape index (κ2) is 5.41. The molecule has 88 valence electrons. The molecule has 1 aromatic carbocycles. The first kappa shape index (κ1) is 11.5. The summed E-state index contributed by atoms with van der Waals surface area (Å²) in [4.78, 5) is 0. The van der Waals surface area contributed by atoms with Crippen LogP contribution in [0.4, 0.5) is 0 Å². The zero-order valence-electron chi connectivity index (χ0n) is 9.97. The maximum absolute atomic E-state index is 5.60. The van der Waals surface area contributed by atoms with Crippen molar-refractivity contribution < 1.29 is 4.74 Å². The molecule has 4 heteroatoms. The highest BCUT2D eigenvalue weighted by atomic mass is 16.5. The molecule has 0 saturated carbocycles. The van der Waals surface area contributed by atoms with Crippen molar-refractivity contribution in [1.82, 2.24) is 15.5 Å². The fourth-order valence-corrected chi connectivity index (χ4v) is 1.48. The zero-order valence-corrected chi connectivity index (χ0v) is 9.97. The highest BCUT2D eigenvalue weighted by molar-refractivity contribution is 5.30. The molecular weight excluding hydrogens is 214 g/mol. The topological polar surface area (TPSA) is 47.0 Å². The van der Waals surface area contributed by atoms with E-state index in [-0.39, 0.29) is 0 Å². The summed E-state index contributed by atoms with van der Waals surface area (Å²) in [6, 6.07) is 11.6. The Labute approximate surface area is 101 Å².